The molecule has 0 radical (unpaired) electrons. The minimum Gasteiger partial charge on any atom is -0.303 e. The molecule has 18 heavy (non-hydrogen) atoms. The van der Waals surface area contributed by atoms with Crippen LogP contribution >= 0.6 is 0 Å². The maximum absolute atomic E-state index is 10.6. The molecule has 1 aromatic carbocycles. The lowest BCUT2D eigenvalue weighted by molar-refractivity contribution is -0.107. The molecule has 0 aromatic heterocycles. The summed E-state index contributed by atoms with van der Waals surface area (Å²) < 4.78 is 0. The summed E-state index contributed by atoms with van der Waals surface area (Å²) in [5, 5.41) is 0. The van der Waals surface area contributed by atoms with E-state index in [0.29, 0.717) is 6.42 Å². The van der Waals surface area contributed by atoms with Crippen LogP contribution in [0.2, 0.25) is 0 Å². The number of fused-ring (bicyclic) bond motifs is 1. The molecular formula is C16H21NO. The Labute approximate surface area is 109 Å². The third kappa shape index (κ3) is 2.35. The molecule has 96 valence electrons. The number of aldehydes is 1. The Balaban J connectivity index is 1.73. The highest BCUT2D eigenvalue weighted by Gasteiger charge is 2.26. The van der Waals surface area contributed by atoms with E-state index in [1.54, 1.807) is 0 Å². The Morgan fingerprint density at radius 2 is 1.94 bits per heavy atom. The average Bonchev–Trinajstić information content (AvgIpc) is 2.51. The van der Waals surface area contributed by atoms with Gasteiger partial charge in [0.2, 0.25) is 0 Å². The first-order chi connectivity index (χ1) is 8.86. The lowest BCUT2D eigenvalue weighted by Crippen LogP contribution is -2.41. The molecule has 2 nitrogen and oxygen atoms in total. The van der Waals surface area contributed by atoms with Crippen molar-refractivity contribution in [2.45, 2.75) is 44.6 Å². The van der Waals surface area contributed by atoms with Crippen LogP contribution in [0.25, 0.3) is 0 Å². The van der Waals surface area contributed by atoms with Crippen LogP contribution < -0.4 is 0 Å². The summed E-state index contributed by atoms with van der Waals surface area (Å²) in [4.78, 5) is 13.3. The van der Waals surface area contributed by atoms with Gasteiger partial charge in [0.1, 0.15) is 6.29 Å². The molecule has 0 amide bonds. The number of hydrogen-bond acceptors (Lipinski definition) is 2. The Kier molecular flexibility index (Phi) is 3.46. The van der Waals surface area contributed by atoms with E-state index in [9.17, 15) is 4.79 Å². The van der Waals surface area contributed by atoms with E-state index in [1.165, 1.54) is 55.5 Å². The van der Waals surface area contributed by atoms with Gasteiger partial charge in [-0.2, -0.15) is 0 Å². The zero-order valence-corrected chi connectivity index (χ0v) is 10.9. The van der Waals surface area contributed by atoms with Crippen molar-refractivity contribution in [3.8, 4) is 0 Å². The summed E-state index contributed by atoms with van der Waals surface area (Å²) in [5.41, 5.74) is 4.13. The molecule has 0 saturated heterocycles. The predicted octanol–water partition coefficient (Wildman–Crippen LogP) is 2.38. The highest BCUT2D eigenvalue weighted by molar-refractivity contribution is 5.55. The van der Waals surface area contributed by atoms with E-state index < -0.39 is 0 Å². The number of carbonyl (C=O) groups excluding carboxylic acids is 1. The fourth-order valence-electron chi connectivity index (χ4n) is 3.14. The van der Waals surface area contributed by atoms with Crippen molar-refractivity contribution in [2.24, 2.45) is 0 Å². The van der Waals surface area contributed by atoms with Gasteiger partial charge in [-0.1, -0.05) is 24.6 Å². The summed E-state index contributed by atoms with van der Waals surface area (Å²) in [5.74, 6) is 0. The lowest BCUT2D eigenvalue weighted by Gasteiger charge is -2.36. The van der Waals surface area contributed by atoms with E-state index >= 15 is 0 Å². The molecule has 1 fully saturated rings. The molecule has 0 N–H and O–H groups in total. The molecule has 2 heteroatoms. The molecule has 0 spiro atoms. The molecule has 2 aliphatic rings. The number of carbonyl (C=O) groups is 1. The van der Waals surface area contributed by atoms with Crippen LogP contribution in [-0.4, -0.2) is 30.3 Å². The summed E-state index contributed by atoms with van der Waals surface area (Å²) in [7, 11) is 0. The largest absolute Gasteiger partial charge is 0.303 e. The summed E-state index contributed by atoms with van der Waals surface area (Å²) in [6, 6.07) is 7.45. The zero-order chi connectivity index (χ0) is 12.4. The SMILES string of the molecule is O=CCc1ccc2c(c1)CCN(C1CCC1)CC2. The van der Waals surface area contributed by atoms with Crippen molar-refractivity contribution in [3.63, 3.8) is 0 Å². The van der Waals surface area contributed by atoms with Crippen LogP contribution in [0.3, 0.4) is 0 Å². The van der Waals surface area contributed by atoms with Gasteiger partial charge in [-0.15, -0.1) is 0 Å². The van der Waals surface area contributed by atoms with Crippen molar-refractivity contribution < 1.29 is 4.79 Å². The van der Waals surface area contributed by atoms with E-state index in [1.807, 2.05) is 0 Å². The first-order valence-electron chi connectivity index (χ1n) is 7.15. The highest BCUT2D eigenvalue weighted by Crippen LogP contribution is 2.27. The minimum absolute atomic E-state index is 0.555. The van der Waals surface area contributed by atoms with Crippen molar-refractivity contribution in [2.75, 3.05) is 13.1 Å². The molecule has 1 aliphatic heterocycles. The van der Waals surface area contributed by atoms with Gasteiger partial charge in [0.05, 0.1) is 0 Å². The Morgan fingerprint density at radius 3 is 2.61 bits per heavy atom. The second-order valence-corrected chi connectivity index (χ2v) is 5.59. The molecule has 1 saturated carbocycles. The van der Waals surface area contributed by atoms with Crippen LogP contribution in [-0.2, 0) is 24.1 Å². The van der Waals surface area contributed by atoms with Crippen LogP contribution in [0.15, 0.2) is 18.2 Å². The molecular weight excluding hydrogens is 222 g/mol. The minimum atomic E-state index is 0.555. The van der Waals surface area contributed by atoms with Gasteiger partial charge < -0.3 is 4.79 Å². The number of hydrogen-bond donors (Lipinski definition) is 0. The van der Waals surface area contributed by atoms with Gasteiger partial charge in [-0.05, 0) is 42.4 Å². The van der Waals surface area contributed by atoms with Crippen LogP contribution in [0, 0.1) is 0 Å². The summed E-state index contributed by atoms with van der Waals surface area (Å²) in [6.07, 6.45) is 8.08. The van der Waals surface area contributed by atoms with Crippen molar-refractivity contribution in [1.82, 2.24) is 4.90 Å². The second-order valence-electron chi connectivity index (χ2n) is 5.59. The molecule has 1 aromatic rings. The predicted molar refractivity (Wildman–Crippen MR) is 72.8 cm³/mol. The van der Waals surface area contributed by atoms with Gasteiger partial charge >= 0.3 is 0 Å². The van der Waals surface area contributed by atoms with E-state index in [-0.39, 0.29) is 0 Å². The van der Waals surface area contributed by atoms with E-state index in [4.69, 9.17) is 0 Å². The third-order valence-corrected chi connectivity index (χ3v) is 4.52. The molecule has 0 bridgehead atoms. The summed E-state index contributed by atoms with van der Waals surface area (Å²) >= 11 is 0. The number of benzene rings is 1. The van der Waals surface area contributed by atoms with Gasteiger partial charge in [-0.25, -0.2) is 0 Å². The number of rotatable bonds is 3. The Bertz CT molecular complexity index is 437. The first-order valence-corrected chi connectivity index (χ1v) is 7.15. The standard InChI is InChI=1S/C16H21NO/c18-11-8-13-4-5-14-6-9-17(16-2-1-3-16)10-7-15(14)12-13/h4-5,11-12,16H,1-3,6-10H2. The highest BCUT2D eigenvalue weighted by atomic mass is 16.1. The normalized spacial score (nSPS) is 20.9. The monoisotopic (exact) mass is 243 g/mol. The van der Waals surface area contributed by atoms with E-state index in [0.717, 1.165) is 18.7 Å². The smallest absolute Gasteiger partial charge is 0.124 e. The first kappa shape index (κ1) is 11.9. The summed E-state index contributed by atoms with van der Waals surface area (Å²) in [6.45, 7) is 2.41. The van der Waals surface area contributed by atoms with Crippen LogP contribution in [0.4, 0.5) is 0 Å². The van der Waals surface area contributed by atoms with Crippen LogP contribution in [0.5, 0.6) is 0 Å². The van der Waals surface area contributed by atoms with Crippen LogP contribution in [0.1, 0.15) is 36.0 Å². The number of nitrogens with zero attached hydrogens (tertiary/aromatic N) is 1. The fraction of sp³-hybridized carbons (Fsp3) is 0.562. The van der Waals surface area contributed by atoms with Gasteiger partial charge in [0.15, 0.2) is 0 Å². The Morgan fingerprint density at radius 1 is 1.17 bits per heavy atom. The molecule has 0 atom stereocenters. The maximum atomic E-state index is 10.6. The van der Waals surface area contributed by atoms with Gasteiger partial charge in [0, 0.05) is 25.6 Å². The molecule has 0 unspecified atom stereocenters. The topological polar surface area (TPSA) is 20.3 Å². The lowest BCUT2D eigenvalue weighted by atomic mass is 9.91. The molecule has 1 aliphatic carbocycles. The van der Waals surface area contributed by atoms with Gasteiger partial charge in [0.25, 0.3) is 0 Å². The molecule has 1 heterocycles. The second kappa shape index (κ2) is 5.23. The fourth-order valence-corrected chi connectivity index (χ4v) is 3.14. The van der Waals surface area contributed by atoms with Gasteiger partial charge in [-0.3, -0.25) is 4.90 Å². The van der Waals surface area contributed by atoms with Crippen molar-refractivity contribution in [1.29, 1.82) is 0 Å². The van der Waals surface area contributed by atoms with Crippen molar-refractivity contribution in [3.05, 3.63) is 34.9 Å². The van der Waals surface area contributed by atoms with E-state index in [2.05, 4.69) is 23.1 Å². The van der Waals surface area contributed by atoms with Crippen molar-refractivity contribution >= 4 is 6.29 Å². The quantitative estimate of drug-likeness (QED) is 0.760. The maximum Gasteiger partial charge on any atom is 0.124 e. The zero-order valence-electron chi connectivity index (χ0n) is 10.9. The molecule has 3 rings (SSSR count). The average molecular weight is 243 g/mol. The Hall–Kier alpha value is -1.15. The third-order valence-electron chi connectivity index (χ3n) is 4.52.